The number of aromatic nitrogens is 10. The van der Waals surface area contributed by atoms with Gasteiger partial charge in [-0.25, -0.2) is 14.6 Å². The van der Waals surface area contributed by atoms with Crippen molar-refractivity contribution in [1.29, 1.82) is 0 Å². The first-order valence-electron chi connectivity index (χ1n) is 16.2. The topological polar surface area (TPSA) is 164 Å². The summed E-state index contributed by atoms with van der Waals surface area (Å²) in [6.07, 6.45) is 9.70. The maximum atomic E-state index is 8.60. The van der Waals surface area contributed by atoms with Crippen LogP contribution >= 0.6 is 31.9 Å². The zero-order chi connectivity index (χ0) is 34.4. The molecule has 260 valence electrons. The first-order valence-corrected chi connectivity index (χ1v) is 27.8. The Morgan fingerprint density at radius 1 is 0.755 bits per heavy atom. The minimum absolute atomic E-state index is 0.176. The molecule has 3 saturated heterocycles. The van der Waals surface area contributed by atoms with Crippen molar-refractivity contribution in [1.82, 2.24) is 49.7 Å². The van der Waals surface area contributed by atoms with Gasteiger partial charge < -0.3 is 14.6 Å². The number of hydrogen-bond acceptors (Lipinski definition) is 11. The molecule has 49 heavy (non-hydrogen) atoms. The van der Waals surface area contributed by atoms with Crippen LogP contribution in [0.25, 0.3) is 33.2 Å². The summed E-state index contributed by atoms with van der Waals surface area (Å²) < 4.78 is 22.6. The third kappa shape index (κ3) is 8.83. The van der Waals surface area contributed by atoms with Gasteiger partial charge in [-0.1, -0.05) is 0 Å². The van der Waals surface area contributed by atoms with Crippen molar-refractivity contribution < 1.29 is 19.3 Å². The molecule has 6 aromatic rings. The van der Waals surface area contributed by atoms with Crippen molar-refractivity contribution >= 4 is 87.2 Å². The zero-order valence-electron chi connectivity index (χ0n) is 27.7. The van der Waals surface area contributed by atoms with Gasteiger partial charge >= 0.3 is 111 Å². The number of aromatic amines is 1. The molecule has 3 atom stereocenters. The first kappa shape index (κ1) is 36.2. The Balaban J connectivity index is 0.000000121. The van der Waals surface area contributed by atoms with Crippen LogP contribution in [0.4, 0.5) is 0 Å². The SMILES string of the molecule is Brc1[nH]nc2ncccc12.Brc1nn(C2CCOC2)c2ncccc12.OC1CCOC1.[CH3][Sn]([CH3])([CH3])[c]1nn(C2CCOC2)c2nccnc12. The molecule has 3 aliphatic heterocycles. The Bertz CT molecular complexity index is 1960. The van der Waals surface area contributed by atoms with Crippen LogP contribution in [0.5, 0.6) is 0 Å². The number of ether oxygens (including phenoxy) is 3. The molecule has 0 aromatic carbocycles. The summed E-state index contributed by atoms with van der Waals surface area (Å²) in [6, 6.07) is 8.43. The minimum atomic E-state index is -2.26. The molecule has 17 heteroatoms. The van der Waals surface area contributed by atoms with Gasteiger partial charge in [0.15, 0.2) is 11.3 Å². The first-order chi connectivity index (χ1) is 23.7. The molecule has 0 radical (unpaired) electrons. The summed E-state index contributed by atoms with van der Waals surface area (Å²) in [5, 5.41) is 26.7. The van der Waals surface area contributed by atoms with Gasteiger partial charge in [-0.15, -0.1) is 0 Å². The number of nitrogens with one attached hydrogen (secondary N) is 1. The fraction of sp³-hybridized carbons (Fsp3) is 0.469. The molecular weight excluding hydrogens is 867 g/mol. The van der Waals surface area contributed by atoms with E-state index in [1.807, 2.05) is 33.6 Å². The molecule has 0 bridgehead atoms. The normalized spacial score (nSPS) is 20.5. The number of fused-ring (bicyclic) bond motifs is 3. The van der Waals surface area contributed by atoms with Crippen LogP contribution in [0.15, 0.2) is 58.3 Å². The number of hydrogen-bond donors (Lipinski definition) is 2. The molecule has 2 N–H and O–H groups in total. The quantitative estimate of drug-likeness (QED) is 0.231. The van der Waals surface area contributed by atoms with Crippen molar-refractivity contribution in [3.63, 3.8) is 0 Å². The van der Waals surface area contributed by atoms with Gasteiger partial charge in [-0.05, 0) is 69.0 Å². The maximum absolute atomic E-state index is 8.60. The van der Waals surface area contributed by atoms with Crippen LogP contribution in [0.1, 0.15) is 31.3 Å². The third-order valence-electron chi connectivity index (χ3n) is 8.15. The van der Waals surface area contributed by atoms with Crippen molar-refractivity contribution in [3.05, 3.63) is 58.3 Å². The molecule has 3 aliphatic rings. The van der Waals surface area contributed by atoms with Gasteiger partial charge in [0.1, 0.15) is 9.21 Å². The number of nitrogens with zero attached hydrogens (tertiary/aromatic N) is 9. The van der Waals surface area contributed by atoms with E-state index in [-0.39, 0.29) is 6.10 Å². The van der Waals surface area contributed by atoms with Crippen molar-refractivity contribution in [2.45, 2.75) is 52.3 Å². The second kappa shape index (κ2) is 16.6. The van der Waals surface area contributed by atoms with E-state index in [4.69, 9.17) is 24.4 Å². The monoisotopic (exact) mass is 906 g/mol. The second-order valence-corrected chi connectivity index (χ2v) is 28.6. The van der Waals surface area contributed by atoms with Crippen LogP contribution in [-0.2, 0) is 14.2 Å². The summed E-state index contributed by atoms with van der Waals surface area (Å²) in [4.78, 5) is 24.5. The van der Waals surface area contributed by atoms with Crippen molar-refractivity contribution in [2.75, 3.05) is 39.6 Å². The van der Waals surface area contributed by atoms with Gasteiger partial charge in [0.2, 0.25) is 0 Å². The number of aliphatic hydroxyl groups is 1. The van der Waals surface area contributed by atoms with E-state index < -0.39 is 18.4 Å². The summed E-state index contributed by atoms with van der Waals surface area (Å²) in [7, 11) is 0. The molecule has 6 aromatic heterocycles. The van der Waals surface area contributed by atoms with Crippen LogP contribution in [0.3, 0.4) is 0 Å². The zero-order valence-corrected chi connectivity index (χ0v) is 33.7. The van der Waals surface area contributed by atoms with Gasteiger partial charge in [0.05, 0.1) is 36.1 Å². The number of H-pyrrole nitrogens is 1. The average Bonchev–Trinajstić information content (AvgIpc) is 3.95. The Kier molecular flexibility index (Phi) is 12.3. The summed E-state index contributed by atoms with van der Waals surface area (Å²) in [6.45, 7) is 4.39. The standard InChI is InChI=1S/C10H10BrN3O.C9H9N4O.C6H4BrN3.C4H8O2.3CH3.Sn/c11-9-8-2-1-4-12-10(8)14(13-9)7-3-5-15-6-7;1-4-14-6-7(1)13-9-8(5-12-13)10-2-3-11-9;7-5-4-2-1-3-8-6(4)10-9-5;5-4-1-2-6-3-4;;;;/h1-2,4,7H,3,5-6H2;2-3,7H,1,4,6H2;1-3H,(H,8,9,10);4-5H,1-3H2;3*1H3;. The molecule has 0 saturated carbocycles. The van der Waals surface area contributed by atoms with Crippen LogP contribution in [0, 0.1) is 0 Å². The molecule has 3 unspecified atom stereocenters. The molecule has 3 fully saturated rings. The Morgan fingerprint density at radius 3 is 1.96 bits per heavy atom. The molecule has 0 spiro atoms. The number of halogens is 2. The number of aliphatic hydroxyl groups excluding tert-OH is 1. The predicted octanol–water partition coefficient (Wildman–Crippen LogP) is 4.98. The van der Waals surface area contributed by atoms with E-state index >= 15 is 0 Å². The van der Waals surface area contributed by atoms with E-state index in [1.54, 1.807) is 24.8 Å². The molecular formula is C32H40Br2N10O4Sn. The van der Waals surface area contributed by atoms with E-state index in [0.29, 0.717) is 18.7 Å². The third-order valence-corrected chi connectivity index (χ3v) is 14.4. The van der Waals surface area contributed by atoms with Gasteiger partial charge in [0.25, 0.3) is 0 Å². The van der Waals surface area contributed by atoms with Crippen molar-refractivity contribution in [3.8, 4) is 0 Å². The predicted molar refractivity (Wildman–Crippen MR) is 196 cm³/mol. The Morgan fingerprint density at radius 2 is 1.37 bits per heavy atom. The van der Waals surface area contributed by atoms with Crippen LogP contribution < -0.4 is 3.71 Å². The van der Waals surface area contributed by atoms with E-state index in [9.17, 15) is 0 Å². The second-order valence-electron chi connectivity index (χ2n) is 12.8. The molecule has 14 nitrogen and oxygen atoms in total. The summed E-state index contributed by atoms with van der Waals surface area (Å²) >= 11 is 4.50. The molecule has 9 rings (SSSR count). The summed E-state index contributed by atoms with van der Waals surface area (Å²) in [5.41, 5.74) is 3.61. The van der Waals surface area contributed by atoms with Gasteiger partial charge in [0, 0.05) is 25.6 Å². The average molecular weight is 907 g/mol. The van der Waals surface area contributed by atoms with Crippen LogP contribution in [0.2, 0.25) is 14.8 Å². The van der Waals surface area contributed by atoms with E-state index in [1.165, 1.54) is 3.71 Å². The molecule has 9 heterocycles. The van der Waals surface area contributed by atoms with Gasteiger partial charge in [-0.3, -0.25) is 5.10 Å². The molecule has 0 aliphatic carbocycles. The van der Waals surface area contributed by atoms with E-state index in [2.05, 4.69) is 81.9 Å². The summed E-state index contributed by atoms with van der Waals surface area (Å²) in [5.74, 6) is 0. The number of pyridine rings is 2. The fourth-order valence-corrected chi connectivity index (χ4v) is 10.2. The van der Waals surface area contributed by atoms with Gasteiger partial charge in [-0.2, -0.15) is 10.2 Å². The fourth-order valence-electron chi connectivity index (χ4n) is 5.59. The van der Waals surface area contributed by atoms with Crippen LogP contribution in [-0.4, -0.2) is 119 Å². The number of rotatable bonds is 3. The Hall–Kier alpha value is -2.61. The Labute approximate surface area is 304 Å². The molecule has 0 amide bonds. The van der Waals surface area contributed by atoms with E-state index in [0.717, 1.165) is 94.7 Å². The van der Waals surface area contributed by atoms with Crippen molar-refractivity contribution in [2.24, 2.45) is 0 Å².